The highest BCUT2D eigenvalue weighted by Gasteiger charge is 2.38. The number of hydrogen-bond acceptors (Lipinski definition) is 3. The Morgan fingerprint density at radius 3 is 2.43 bits per heavy atom. The summed E-state index contributed by atoms with van der Waals surface area (Å²) in [5, 5.41) is 2.98. The molecule has 7 heteroatoms. The zero-order chi connectivity index (χ0) is 19.5. The maximum atomic E-state index is 12.6. The van der Waals surface area contributed by atoms with Crippen molar-refractivity contribution in [1.29, 1.82) is 0 Å². The average molecular weight is 491 g/mol. The van der Waals surface area contributed by atoms with Gasteiger partial charge in [-0.2, -0.15) is 0 Å². The number of anilines is 1. The van der Waals surface area contributed by atoms with E-state index in [0.717, 1.165) is 27.7 Å². The molecule has 6 nitrogen and oxygen atoms in total. The van der Waals surface area contributed by atoms with Gasteiger partial charge in [0.05, 0.1) is 12.2 Å². The van der Waals surface area contributed by atoms with Crippen molar-refractivity contribution < 1.29 is 14.3 Å². The van der Waals surface area contributed by atoms with E-state index in [1.54, 1.807) is 0 Å². The van der Waals surface area contributed by atoms with E-state index < -0.39 is 0 Å². The highest BCUT2D eigenvalue weighted by molar-refractivity contribution is 14.1. The first kappa shape index (κ1) is 19.0. The average Bonchev–Trinajstić information content (AvgIpc) is 3.12. The molecule has 3 amide bonds. The van der Waals surface area contributed by atoms with Crippen molar-refractivity contribution in [3.05, 3.63) is 63.7 Å². The smallest absolute Gasteiger partial charge is 0.410 e. The number of halogens is 1. The van der Waals surface area contributed by atoms with Crippen LogP contribution in [0.5, 0.6) is 0 Å². The minimum Gasteiger partial charge on any atom is -0.439 e. The molecule has 2 aromatic carbocycles. The van der Waals surface area contributed by atoms with Crippen LogP contribution < -0.4 is 5.32 Å². The third-order valence-electron chi connectivity index (χ3n) is 5.32. The highest BCUT2D eigenvalue weighted by atomic mass is 127. The number of likely N-dealkylation sites (tertiary alicyclic amines) is 1. The fourth-order valence-electron chi connectivity index (χ4n) is 3.76. The largest absolute Gasteiger partial charge is 0.439 e. The highest BCUT2D eigenvalue weighted by Crippen LogP contribution is 2.30. The van der Waals surface area contributed by atoms with Gasteiger partial charge in [-0.15, -0.1) is 0 Å². The number of nitrogens with zero attached hydrogens (tertiary/aromatic N) is 2. The fourth-order valence-corrected chi connectivity index (χ4v) is 4.28. The Labute approximate surface area is 178 Å². The molecule has 2 aliphatic rings. The number of amides is 3. The van der Waals surface area contributed by atoms with Crippen molar-refractivity contribution in [3.8, 4) is 0 Å². The van der Waals surface area contributed by atoms with Crippen LogP contribution in [0.1, 0.15) is 24.5 Å². The van der Waals surface area contributed by atoms with Gasteiger partial charge in [0.2, 0.25) is 0 Å². The summed E-state index contributed by atoms with van der Waals surface area (Å²) >= 11 is 2.21. The molecule has 0 saturated carbocycles. The predicted molar refractivity (Wildman–Crippen MR) is 115 cm³/mol. The summed E-state index contributed by atoms with van der Waals surface area (Å²) in [5.74, 6) is 0. The van der Waals surface area contributed by atoms with E-state index in [2.05, 4.69) is 27.9 Å². The second-order valence-corrected chi connectivity index (χ2v) is 8.23. The van der Waals surface area contributed by atoms with Crippen LogP contribution in [0.25, 0.3) is 0 Å². The second-order valence-electron chi connectivity index (χ2n) is 7.06. The SMILES string of the molecule is O=C(Nc1ccccc1I)N1CCC(N2CC(c3ccccc3)OC2=O)CC1. The van der Waals surface area contributed by atoms with Gasteiger partial charge in [-0.05, 0) is 53.1 Å². The normalized spacial score (nSPS) is 20.2. The molecule has 0 bridgehead atoms. The zero-order valence-corrected chi connectivity index (χ0v) is 17.5. The lowest BCUT2D eigenvalue weighted by atomic mass is 10.0. The van der Waals surface area contributed by atoms with E-state index in [0.29, 0.717) is 19.6 Å². The Balaban J connectivity index is 1.32. The number of cyclic esters (lactones) is 1. The topological polar surface area (TPSA) is 61.9 Å². The zero-order valence-electron chi connectivity index (χ0n) is 15.4. The third-order valence-corrected chi connectivity index (χ3v) is 6.26. The summed E-state index contributed by atoms with van der Waals surface area (Å²) in [5.41, 5.74) is 1.84. The van der Waals surface area contributed by atoms with Crippen molar-refractivity contribution in [2.24, 2.45) is 0 Å². The molecule has 2 aromatic rings. The van der Waals surface area contributed by atoms with Crippen molar-refractivity contribution in [2.75, 3.05) is 25.0 Å². The van der Waals surface area contributed by atoms with E-state index in [1.807, 2.05) is 64.4 Å². The molecule has 28 heavy (non-hydrogen) atoms. The lowest BCUT2D eigenvalue weighted by Gasteiger charge is -2.35. The molecule has 1 unspecified atom stereocenters. The van der Waals surface area contributed by atoms with E-state index in [9.17, 15) is 9.59 Å². The molecule has 2 heterocycles. The molecule has 2 fully saturated rings. The first-order valence-electron chi connectivity index (χ1n) is 9.44. The van der Waals surface area contributed by atoms with Gasteiger partial charge in [0.1, 0.15) is 6.10 Å². The molecule has 0 aromatic heterocycles. The number of urea groups is 1. The van der Waals surface area contributed by atoms with Gasteiger partial charge in [-0.3, -0.25) is 0 Å². The minimum absolute atomic E-state index is 0.0891. The summed E-state index contributed by atoms with van der Waals surface area (Å²) in [4.78, 5) is 28.6. The molecule has 0 aliphatic carbocycles. The number of benzene rings is 2. The first-order chi connectivity index (χ1) is 13.6. The Morgan fingerprint density at radius 2 is 1.71 bits per heavy atom. The molecule has 1 atom stereocenters. The van der Waals surface area contributed by atoms with Crippen LogP contribution in [0, 0.1) is 3.57 Å². The number of para-hydroxylation sites is 1. The molecule has 2 aliphatic heterocycles. The molecule has 146 valence electrons. The van der Waals surface area contributed by atoms with Gasteiger partial charge in [0.25, 0.3) is 0 Å². The van der Waals surface area contributed by atoms with Gasteiger partial charge < -0.3 is 19.9 Å². The fraction of sp³-hybridized carbons (Fsp3) is 0.333. The Hall–Kier alpha value is -2.29. The number of ether oxygens (including phenoxy) is 1. The number of carbonyl (C=O) groups is 2. The van der Waals surface area contributed by atoms with Crippen LogP contribution in [0.3, 0.4) is 0 Å². The molecular formula is C21H22IN3O3. The summed E-state index contributed by atoms with van der Waals surface area (Å²) in [7, 11) is 0. The summed E-state index contributed by atoms with van der Waals surface area (Å²) in [6, 6.07) is 17.6. The lowest BCUT2D eigenvalue weighted by molar-refractivity contribution is 0.117. The van der Waals surface area contributed by atoms with Gasteiger partial charge >= 0.3 is 12.1 Å². The van der Waals surface area contributed by atoms with Crippen LogP contribution in [0.15, 0.2) is 54.6 Å². The maximum absolute atomic E-state index is 12.6. The van der Waals surface area contributed by atoms with Crippen LogP contribution in [0.4, 0.5) is 15.3 Å². The summed E-state index contributed by atoms with van der Waals surface area (Å²) in [6.07, 6.45) is 1.05. The van der Waals surface area contributed by atoms with Crippen molar-refractivity contribution in [2.45, 2.75) is 25.0 Å². The molecule has 0 spiro atoms. The van der Waals surface area contributed by atoms with E-state index in [1.165, 1.54) is 0 Å². The minimum atomic E-state index is -0.254. The van der Waals surface area contributed by atoms with E-state index >= 15 is 0 Å². The van der Waals surface area contributed by atoms with Gasteiger partial charge in [-0.1, -0.05) is 42.5 Å². The van der Waals surface area contributed by atoms with E-state index in [4.69, 9.17) is 4.74 Å². The Morgan fingerprint density at radius 1 is 1.04 bits per heavy atom. The van der Waals surface area contributed by atoms with Crippen molar-refractivity contribution >= 4 is 40.4 Å². The second kappa shape index (κ2) is 8.38. The van der Waals surface area contributed by atoms with E-state index in [-0.39, 0.29) is 24.3 Å². The number of piperidine rings is 1. The molecular weight excluding hydrogens is 469 g/mol. The summed E-state index contributed by atoms with van der Waals surface area (Å²) < 4.78 is 6.58. The van der Waals surface area contributed by atoms with Crippen LogP contribution >= 0.6 is 22.6 Å². The number of carbonyl (C=O) groups excluding carboxylic acids is 2. The molecule has 0 radical (unpaired) electrons. The molecule has 4 rings (SSSR count). The number of rotatable bonds is 3. The van der Waals surface area contributed by atoms with Crippen molar-refractivity contribution in [1.82, 2.24) is 9.80 Å². The third kappa shape index (κ3) is 4.09. The lowest BCUT2D eigenvalue weighted by Crippen LogP contribution is -2.48. The maximum Gasteiger partial charge on any atom is 0.410 e. The van der Waals surface area contributed by atoms with Gasteiger partial charge in [-0.25, -0.2) is 9.59 Å². The summed E-state index contributed by atoms with van der Waals surface area (Å²) in [6.45, 7) is 1.82. The molecule has 1 N–H and O–H groups in total. The van der Waals surface area contributed by atoms with Crippen molar-refractivity contribution in [3.63, 3.8) is 0 Å². The van der Waals surface area contributed by atoms with Crippen LogP contribution in [-0.2, 0) is 4.74 Å². The quantitative estimate of drug-likeness (QED) is 0.645. The standard InChI is InChI=1S/C21H22IN3O3/c22-17-8-4-5-9-18(17)23-20(26)24-12-10-16(11-13-24)25-14-19(28-21(25)27)15-6-2-1-3-7-15/h1-9,16,19H,10-14H2,(H,23,26). The Bertz CT molecular complexity index is 853. The molecule has 2 saturated heterocycles. The van der Waals surface area contributed by atoms with Crippen LogP contribution in [0.2, 0.25) is 0 Å². The monoisotopic (exact) mass is 491 g/mol. The number of nitrogens with one attached hydrogen (secondary N) is 1. The van der Waals surface area contributed by atoms with Gasteiger partial charge in [0, 0.05) is 22.7 Å². The van der Waals surface area contributed by atoms with Crippen LogP contribution in [-0.4, -0.2) is 47.6 Å². The van der Waals surface area contributed by atoms with Gasteiger partial charge in [0.15, 0.2) is 0 Å². The predicted octanol–water partition coefficient (Wildman–Crippen LogP) is 4.48. The Kier molecular flexibility index (Phi) is 5.70. The number of hydrogen-bond donors (Lipinski definition) is 1. The first-order valence-corrected chi connectivity index (χ1v) is 10.5.